The van der Waals surface area contributed by atoms with Crippen molar-refractivity contribution in [2.75, 3.05) is 19.7 Å². The molecule has 0 aromatic carbocycles. The van der Waals surface area contributed by atoms with Gasteiger partial charge in [0.05, 0.1) is 17.6 Å². The van der Waals surface area contributed by atoms with Gasteiger partial charge in [-0.2, -0.15) is 13.2 Å². The number of aromatic nitrogens is 3. The van der Waals surface area contributed by atoms with Gasteiger partial charge in [-0.05, 0) is 97.3 Å². The van der Waals surface area contributed by atoms with Crippen LogP contribution in [0, 0.1) is 11.3 Å². The lowest BCUT2D eigenvalue weighted by Gasteiger charge is -2.33. The molecule has 1 unspecified atom stereocenters. The first kappa shape index (κ1) is 44.7. The highest BCUT2D eigenvalue weighted by Crippen LogP contribution is 2.59. The Kier molecular flexibility index (Phi) is 15.9. The van der Waals surface area contributed by atoms with Gasteiger partial charge in [0.2, 0.25) is 5.88 Å². The van der Waals surface area contributed by atoms with Crippen LogP contribution in [0.5, 0.6) is 5.88 Å². The third kappa shape index (κ3) is 13.0. The number of alkyl halides is 3. The molecule has 11 nitrogen and oxygen atoms in total. The maximum Gasteiger partial charge on any atom is 0.410 e. The fourth-order valence-corrected chi connectivity index (χ4v) is 6.81. The molecule has 2 aromatic heterocycles. The number of amides is 2. The van der Waals surface area contributed by atoms with Crippen molar-refractivity contribution in [2.45, 2.75) is 117 Å². The standard InChI is InChI=1S/C36H49ClF3N7O4S.C2H6/c1-8-29(42-24(2)41-19-11-9-10-12-25-22-34(6,7)46(23-25)32(49)51-33(3,4)5)52-45-31(48)26-13-14-27(43-30(26)37)47-20-15-28(44-47)50-21-18-35(16-17-35)36(38,39)40;1-2/h8,13-15,20,25,41H,1-2,9-12,16-19,21-23H2,3-7H3,(H,45,48);1-2H3/b42-29+;. The lowest BCUT2D eigenvalue weighted by atomic mass is 9.93. The molecule has 2 fully saturated rings. The molecule has 1 saturated heterocycles. The number of carbonyl (C=O) groups excluding carboxylic acids is 2. The topological polar surface area (TPSA) is 123 Å². The van der Waals surface area contributed by atoms with Gasteiger partial charge in [0.25, 0.3) is 5.91 Å². The number of unbranched alkanes of at least 4 members (excludes halogenated alkanes) is 2. The Balaban J connectivity index is 0.00000385. The molecule has 3 heterocycles. The molecule has 54 heavy (non-hydrogen) atoms. The fourth-order valence-electron chi connectivity index (χ4n) is 6.03. The third-order valence-corrected chi connectivity index (χ3v) is 10.1. The molecular weight excluding hydrogens is 743 g/mol. The minimum Gasteiger partial charge on any atom is -0.477 e. The van der Waals surface area contributed by atoms with Crippen LogP contribution in [0.2, 0.25) is 5.15 Å². The van der Waals surface area contributed by atoms with E-state index in [2.05, 4.69) is 52.1 Å². The van der Waals surface area contributed by atoms with E-state index in [1.165, 1.54) is 35.2 Å². The van der Waals surface area contributed by atoms with E-state index in [1.54, 1.807) is 0 Å². The van der Waals surface area contributed by atoms with E-state index in [9.17, 15) is 22.8 Å². The molecule has 2 aromatic rings. The van der Waals surface area contributed by atoms with Gasteiger partial charge in [-0.15, -0.1) is 5.10 Å². The number of aliphatic imine (C=N–C) groups is 1. The quantitative estimate of drug-likeness (QED) is 0.0601. The van der Waals surface area contributed by atoms with Gasteiger partial charge in [-0.3, -0.25) is 9.52 Å². The molecule has 1 aliphatic heterocycles. The van der Waals surface area contributed by atoms with Crippen LogP contribution in [0.1, 0.15) is 110 Å². The Hall–Kier alpha value is -3.72. The first-order chi connectivity index (χ1) is 25.3. The second-order valence-electron chi connectivity index (χ2n) is 14.9. The van der Waals surface area contributed by atoms with Gasteiger partial charge in [-0.1, -0.05) is 51.4 Å². The van der Waals surface area contributed by atoms with E-state index >= 15 is 0 Å². The molecule has 4 rings (SSSR count). The third-order valence-electron chi connectivity index (χ3n) is 9.02. The molecule has 1 aliphatic carbocycles. The molecule has 300 valence electrons. The van der Waals surface area contributed by atoms with Gasteiger partial charge in [0.15, 0.2) is 5.82 Å². The van der Waals surface area contributed by atoms with E-state index in [0.29, 0.717) is 35.7 Å². The van der Waals surface area contributed by atoms with Crippen LogP contribution in [0.3, 0.4) is 0 Å². The van der Waals surface area contributed by atoms with Crippen LogP contribution in [-0.2, 0) is 4.74 Å². The first-order valence-corrected chi connectivity index (χ1v) is 19.6. The molecule has 0 bridgehead atoms. The van der Waals surface area contributed by atoms with Crippen molar-refractivity contribution < 1.29 is 32.2 Å². The summed E-state index contributed by atoms with van der Waals surface area (Å²) in [6, 6.07) is 4.53. The van der Waals surface area contributed by atoms with Crippen LogP contribution < -0.4 is 14.8 Å². The Morgan fingerprint density at radius 3 is 2.46 bits per heavy atom. The highest BCUT2D eigenvalue weighted by molar-refractivity contribution is 8.13. The minimum absolute atomic E-state index is 0.0744. The van der Waals surface area contributed by atoms with E-state index in [-0.39, 0.29) is 54.1 Å². The van der Waals surface area contributed by atoms with Gasteiger partial charge >= 0.3 is 12.3 Å². The maximum absolute atomic E-state index is 13.1. The lowest BCUT2D eigenvalue weighted by Crippen LogP contribution is -2.45. The van der Waals surface area contributed by atoms with Crippen molar-refractivity contribution >= 4 is 40.6 Å². The van der Waals surface area contributed by atoms with Gasteiger partial charge in [-0.25, -0.2) is 19.5 Å². The summed E-state index contributed by atoms with van der Waals surface area (Å²) in [6.45, 7) is 22.8. The number of rotatable bonds is 15. The number of carbonyl (C=O) groups is 2. The van der Waals surface area contributed by atoms with Crippen molar-refractivity contribution in [1.82, 2.24) is 29.7 Å². The highest BCUT2D eigenvalue weighted by atomic mass is 35.5. The second kappa shape index (κ2) is 19.2. The number of halogens is 4. The molecule has 2 amide bonds. The summed E-state index contributed by atoms with van der Waals surface area (Å²) in [4.78, 5) is 36.1. The van der Waals surface area contributed by atoms with Crippen LogP contribution in [0.15, 0.2) is 54.4 Å². The molecule has 16 heteroatoms. The molecule has 2 aliphatic rings. The molecule has 0 spiro atoms. The predicted octanol–water partition coefficient (Wildman–Crippen LogP) is 9.68. The summed E-state index contributed by atoms with van der Waals surface area (Å²) >= 11 is 7.28. The van der Waals surface area contributed by atoms with E-state index in [4.69, 9.17) is 21.1 Å². The van der Waals surface area contributed by atoms with Crippen molar-refractivity contribution in [2.24, 2.45) is 16.3 Å². The molecule has 0 radical (unpaired) electrons. The zero-order valence-corrected chi connectivity index (χ0v) is 34.0. The molecular formula is C38H55ClF3N7O4S. The highest BCUT2D eigenvalue weighted by Gasteiger charge is 2.62. The summed E-state index contributed by atoms with van der Waals surface area (Å²) in [5.41, 5.74) is -2.28. The lowest BCUT2D eigenvalue weighted by molar-refractivity contribution is -0.190. The predicted molar refractivity (Wildman–Crippen MR) is 209 cm³/mol. The Morgan fingerprint density at radius 1 is 1.15 bits per heavy atom. The van der Waals surface area contributed by atoms with Crippen LogP contribution >= 0.6 is 23.5 Å². The fraction of sp³-hybridized carbons (Fsp3) is 0.605. The van der Waals surface area contributed by atoms with E-state index < -0.39 is 23.1 Å². The van der Waals surface area contributed by atoms with Crippen molar-refractivity contribution in [3.05, 3.63) is 60.2 Å². The summed E-state index contributed by atoms with van der Waals surface area (Å²) in [5.74, 6) is 0.807. The Bertz CT molecular complexity index is 1640. The van der Waals surface area contributed by atoms with Crippen molar-refractivity contribution in [3.8, 4) is 11.7 Å². The van der Waals surface area contributed by atoms with E-state index in [1.807, 2.05) is 39.5 Å². The van der Waals surface area contributed by atoms with Crippen LogP contribution in [0.25, 0.3) is 5.82 Å². The Labute approximate surface area is 326 Å². The van der Waals surface area contributed by atoms with Gasteiger partial charge in [0.1, 0.15) is 21.6 Å². The van der Waals surface area contributed by atoms with E-state index in [0.717, 1.165) is 44.1 Å². The minimum atomic E-state index is -4.23. The number of pyridine rings is 1. The number of hydrogen-bond acceptors (Lipinski definition) is 9. The number of nitrogens with zero attached hydrogens (tertiary/aromatic N) is 5. The SMILES string of the molecule is C=C/C(=N\C(=C)NCCCCCC1CN(C(=O)OC(C)(C)C)C(C)(C)C1)SNC(=O)c1ccc(-n2ccc(OCCC3(C(F)(F)F)CC3)n2)nc1Cl.CC. The summed E-state index contributed by atoms with van der Waals surface area (Å²) < 4.78 is 54.5. The molecule has 1 saturated carbocycles. The number of ether oxygens (including phenoxy) is 2. The molecule has 2 N–H and O–H groups in total. The zero-order chi connectivity index (χ0) is 40.3. The molecule has 1 atom stereocenters. The van der Waals surface area contributed by atoms with Crippen molar-refractivity contribution in [1.29, 1.82) is 0 Å². The zero-order valence-electron chi connectivity index (χ0n) is 32.4. The number of nitrogens with one attached hydrogen (secondary N) is 2. The van der Waals surface area contributed by atoms with Crippen LogP contribution in [-0.4, -0.2) is 73.7 Å². The Morgan fingerprint density at radius 2 is 1.85 bits per heavy atom. The van der Waals surface area contributed by atoms with Gasteiger partial charge in [0, 0.05) is 42.8 Å². The van der Waals surface area contributed by atoms with Crippen LogP contribution in [0.4, 0.5) is 18.0 Å². The largest absolute Gasteiger partial charge is 0.477 e. The number of hydrogen-bond donors (Lipinski definition) is 2. The monoisotopic (exact) mass is 797 g/mol. The summed E-state index contributed by atoms with van der Waals surface area (Å²) in [6.07, 6.45) is 3.63. The van der Waals surface area contributed by atoms with Gasteiger partial charge < -0.3 is 19.7 Å². The number of likely N-dealkylation sites (tertiary alicyclic amines) is 1. The average Bonchev–Trinajstić information content (AvgIpc) is 3.64. The normalized spacial score (nSPS) is 17.6. The summed E-state index contributed by atoms with van der Waals surface area (Å²) in [5, 5.41) is 7.73. The summed E-state index contributed by atoms with van der Waals surface area (Å²) in [7, 11) is 0. The first-order valence-electron chi connectivity index (χ1n) is 18.4. The second-order valence-corrected chi connectivity index (χ2v) is 16.1. The smallest absolute Gasteiger partial charge is 0.410 e. The maximum atomic E-state index is 13.1. The van der Waals surface area contributed by atoms with Crippen molar-refractivity contribution in [3.63, 3.8) is 0 Å². The average molecular weight is 798 g/mol.